The van der Waals surface area contributed by atoms with Gasteiger partial charge in [0.2, 0.25) is 29.5 Å². The van der Waals surface area contributed by atoms with Crippen molar-refractivity contribution in [3.8, 4) is 5.75 Å². The molecular weight excluding hydrogens is 652 g/mol. The van der Waals surface area contributed by atoms with Gasteiger partial charge in [0.15, 0.2) is 6.04 Å². The standard InChI is InChI=1S/C34H46N6O10/c1-18(33(48)40-15-7-10-26(40)31(46)39-28(20(3)42)34(49)50)36-32(47)27(19(2)41)38-30(45)25(17-22-11-13-23(43)14-12-22)37-29(44)24(35)16-21-8-5-4-6-9-21/h4-6,8-9,11-14,18-20,24-28,41-43H,7,10,15-17,35H2,1-3H3,(H,36,47)(H,37,44)(H,38,45)(H,39,46)(H,49,50)/t18-,19+,20+,24-,25-,26-,27-,28-/m0/s1. The first-order valence-corrected chi connectivity index (χ1v) is 16.3. The Morgan fingerprint density at radius 3 is 1.96 bits per heavy atom. The SMILES string of the molecule is C[C@H](NC(=O)[C@@H](NC(=O)[C@H](Cc1ccc(O)cc1)NC(=O)[C@@H](N)Cc1ccccc1)[C@@H](C)O)C(=O)N1CCC[C@H]1C(=O)N[C@H](C(=O)O)[C@@H](C)O. The van der Waals surface area contributed by atoms with Crippen LogP contribution in [0.15, 0.2) is 54.6 Å². The first-order chi connectivity index (χ1) is 23.6. The highest BCUT2D eigenvalue weighted by atomic mass is 16.4. The molecule has 1 aliphatic heterocycles. The number of likely N-dealkylation sites (tertiary alicyclic amines) is 1. The van der Waals surface area contributed by atoms with E-state index in [-0.39, 0.29) is 31.6 Å². The molecule has 8 atom stereocenters. The Morgan fingerprint density at radius 1 is 0.780 bits per heavy atom. The number of aromatic hydroxyl groups is 1. The molecule has 0 unspecified atom stereocenters. The number of carboxylic acid groups (broad SMARTS) is 1. The molecule has 2 aromatic carbocycles. The second-order valence-corrected chi connectivity index (χ2v) is 12.4. The molecule has 0 aromatic heterocycles. The maximum atomic E-state index is 13.6. The van der Waals surface area contributed by atoms with E-state index in [9.17, 15) is 49.2 Å². The molecule has 16 heteroatoms. The van der Waals surface area contributed by atoms with Crippen molar-refractivity contribution in [3.05, 3.63) is 65.7 Å². The number of aliphatic hydroxyl groups is 2. The molecule has 1 fully saturated rings. The molecule has 10 N–H and O–H groups in total. The summed E-state index contributed by atoms with van der Waals surface area (Å²) >= 11 is 0. The van der Waals surface area contributed by atoms with Crippen LogP contribution in [0.4, 0.5) is 0 Å². The summed E-state index contributed by atoms with van der Waals surface area (Å²) in [5.41, 5.74) is 7.50. The van der Waals surface area contributed by atoms with Crippen molar-refractivity contribution in [2.75, 3.05) is 6.54 Å². The van der Waals surface area contributed by atoms with E-state index in [1.165, 1.54) is 37.8 Å². The number of amides is 5. The number of carboxylic acids is 1. The molecule has 1 saturated heterocycles. The van der Waals surface area contributed by atoms with E-state index in [2.05, 4.69) is 21.3 Å². The number of aliphatic carboxylic acids is 1. The van der Waals surface area contributed by atoms with Crippen molar-refractivity contribution < 1.29 is 49.2 Å². The summed E-state index contributed by atoms with van der Waals surface area (Å²) in [4.78, 5) is 78.9. The fourth-order valence-electron chi connectivity index (χ4n) is 5.53. The first kappa shape index (κ1) is 39.4. The Morgan fingerprint density at radius 2 is 1.38 bits per heavy atom. The number of phenolic OH excluding ortho intramolecular Hbond substituents is 1. The third-order valence-electron chi connectivity index (χ3n) is 8.32. The number of carbonyl (C=O) groups is 6. The fourth-order valence-corrected chi connectivity index (χ4v) is 5.53. The minimum Gasteiger partial charge on any atom is -0.508 e. The molecule has 16 nitrogen and oxygen atoms in total. The van der Waals surface area contributed by atoms with Gasteiger partial charge in [-0.1, -0.05) is 42.5 Å². The lowest BCUT2D eigenvalue weighted by Crippen LogP contribution is -2.61. The molecule has 0 bridgehead atoms. The first-order valence-electron chi connectivity index (χ1n) is 16.3. The molecule has 1 heterocycles. The highest BCUT2D eigenvalue weighted by Crippen LogP contribution is 2.19. The van der Waals surface area contributed by atoms with Gasteiger partial charge in [-0.05, 0) is 63.3 Å². The van der Waals surface area contributed by atoms with Crippen molar-refractivity contribution >= 4 is 35.5 Å². The molecule has 50 heavy (non-hydrogen) atoms. The fraction of sp³-hybridized carbons (Fsp3) is 0.471. The maximum absolute atomic E-state index is 13.6. The molecule has 1 aliphatic rings. The average Bonchev–Trinajstić information content (AvgIpc) is 3.56. The topological polar surface area (TPSA) is 261 Å². The van der Waals surface area contributed by atoms with Gasteiger partial charge in [0, 0.05) is 13.0 Å². The lowest BCUT2D eigenvalue weighted by atomic mass is 10.0. The van der Waals surface area contributed by atoms with Crippen LogP contribution in [-0.4, -0.2) is 116 Å². The lowest BCUT2D eigenvalue weighted by molar-refractivity contribution is -0.147. The molecule has 0 radical (unpaired) electrons. The van der Waals surface area contributed by atoms with Gasteiger partial charge in [-0.25, -0.2) is 4.79 Å². The highest BCUT2D eigenvalue weighted by Gasteiger charge is 2.39. The number of carbonyl (C=O) groups excluding carboxylic acids is 5. The molecule has 2 aromatic rings. The lowest BCUT2D eigenvalue weighted by Gasteiger charge is -2.30. The Bertz CT molecular complexity index is 1500. The summed E-state index contributed by atoms with van der Waals surface area (Å²) in [7, 11) is 0. The molecule has 0 aliphatic carbocycles. The molecule has 0 spiro atoms. The molecule has 272 valence electrons. The third-order valence-corrected chi connectivity index (χ3v) is 8.32. The second-order valence-electron chi connectivity index (χ2n) is 12.4. The van der Waals surface area contributed by atoms with Gasteiger partial charge in [-0.15, -0.1) is 0 Å². The van der Waals surface area contributed by atoms with E-state index in [0.29, 0.717) is 12.0 Å². The maximum Gasteiger partial charge on any atom is 0.328 e. The summed E-state index contributed by atoms with van der Waals surface area (Å²) in [6.45, 7) is 3.95. The number of benzene rings is 2. The van der Waals surface area contributed by atoms with Gasteiger partial charge in [-0.2, -0.15) is 0 Å². The van der Waals surface area contributed by atoms with Crippen LogP contribution in [0.5, 0.6) is 5.75 Å². The number of nitrogens with two attached hydrogens (primary N) is 1. The van der Waals surface area contributed by atoms with Gasteiger partial charge in [0.05, 0.1) is 18.2 Å². The summed E-state index contributed by atoms with van der Waals surface area (Å²) in [6.07, 6.45) is -2.08. The van der Waals surface area contributed by atoms with Crippen molar-refractivity contribution in [2.45, 2.75) is 94.9 Å². The summed E-state index contributed by atoms with van der Waals surface area (Å²) in [6, 6.07) is 7.21. The van der Waals surface area contributed by atoms with Crippen LogP contribution in [-0.2, 0) is 41.6 Å². The predicted molar refractivity (Wildman–Crippen MR) is 179 cm³/mol. The van der Waals surface area contributed by atoms with Crippen molar-refractivity contribution in [1.29, 1.82) is 0 Å². The Hall–Kier alpha value is -5.06. The van der Waals surface area contributed by atoms with Gasteiger partial charge >= 0.3 is 5.97 Å². The van der Waals surface area contributed by atoms with Crippen LogP contribution < -0.4 is 27.0 Å². The predicted octanol–water partition coefficient (Wildman–Crippen LogP) is -1.70. The quantitative estimate of drug-likeness (QED) is 0.0955. The number of hydrogen-bond donors (Lipinski definition) is 9. The van der Waals surface area contributed by atoms with Crippen molar-refractivity contribution in [2.24, 2.45) is 5.73 Å². The number of hydrogen-bond acceptors (Lipinski definition) is 10. The van der Waals surface area contributed by atoms with Crippen LogP contribution in [0.2, 0.25) is 0 Å². The van der Waals surface area contributed by atoms with Crippen molar-refractivity contribution in [3.63, 3.8) is 0 Å². The van der Waals surface area contributed by atoms with Crippen molar-refractivity contribution in [1.82, 2.24) is 26.2 Å². The van der Waals surface area contributed by atoms with E-state index in [4.69, 9.17) is 5.73 Å². The van der Waals surface area contributed by atoms with Gasteiger partial charge < -0.3 is 52.3 Å². The van der Waals surface area contributed by atoms with Crippen LogP contribution in [0.25, 0.3) is 0 Å². The largest absolute Gasteiger partial charge is 0.508 e. The number of aliphatic hydroxyl groups excluding tert-OH is 2. The minimum absolute atomic E-state index is 0.0109. The highest BCUT2D eigenvalue weighted by molar-refractivity contribution is 5.96. The average molecular weight is 699 g/mol. The summed E-state index contributed by atoms with van der Waals surface area (Å²) in [5.74, 6) is -5.30. The number of rotatable bonds is 16. The minimum atomic E-state index is -1.59. The normalized spacial score (nSPS) is 18.4. The van der Waals surface area contributed by atoms with Gasteiger partial charge in [0.1, 0.15) is 29.9 Å². The molecule has 5 amide bonds. The second kappa shape index (κ2) is 18.1. The van der Waals surface area contributed by atoms with E-state index in [0.717, 1.165) is 5.56 Å². The Kier molecular flexibility index (Phi) is 14.2. The van der Waals surface area contributed by atoms with Crippen LogP contribution in [0.1, 0.15) is 44.7 Å². The zero-order valence-corrected chi connectivity index (χ0v) is 28.1. The van der Waals surface area contributed by atoms with E-state index in [1.54, 1.807) is 36.4 Å². The zero-order chi connectivity index (χ0) is 37.1. The molecule has 3 rings (SSSR count). The number of nitrogens with zero attached hydrogens (tertiary/aromatic N) is 1. The Balaban J connectivity index is 1.71. The van der Waals surface area contributed by atoms with Crippen LogP contribution in [0.3, 0.4) is 0 Å². The van der Waals surface area contributed by atoms with E-state index < -0.39 is 84.0 Å². The third kappa shape index (κ3) is 11.0. The van der Waals surface area contributed by atoms with E-state index in [1.807, 2.05) is 6.07 Å². The number of nitrogens with one attached hydrogen (secondary N) is 4. The van der Waals surface area contributed by atoms with Gasteiger partial charge in [-0.3, -0.25) is 24.0 Å². The van der Waals surface area contributed by atoms with Crippen LogP contribution >= 0.6 is 0 Å². The zero-order valence-electron chi connectivity index (χ0n) is 28.1. The summed E-state index contributed by atoms with van der Waals surface area (Å²) in [5, 5.41) is 49.0. The number of phenols is 1. The Labute approximate surface area is 289 Å². The smallest absolute Gasteiger partial charge is 0.328 e. The monoisotopic (exact) mass is 698 g/mol. The van der Waals surface area contributed by atoms with Crippen LogP contribution in [0, 0.1) is 0 Å². The molecular formula is C34H46N6O10. The van der Waals surface area contributed by atoms with E-state index >= 15 is 0 Å². The molecule has 0 saturated carbocycles. The van der Waals surface area contributed by atoms with Gasteiger partial charge in [0.25, 0.3) is 0 Å². The summed E-state index contributed by atoms with van der Waals surface area (Å²) < 4.78 is 0.